The second-order valence-corrected chi connectivity index (χ2v) is 9.52. The van der Waals surface area contributed by atoms with Gasteiger partial charge in [0, 0.05) is 5.56 Å². The van der Waals surface area contributed by atoms with Crippen LogP contribution in [-0.2, 0) is 20.4 Å². The van der Waals surface area contributed by atoms with Crippen LogP contribution in [0.25, 0.3) is 10.8 Å². The minimum atomic E-state index is -6.19. The van der Waals surface area contributed by atoms with Crippen molar-refractivity contribution in [1.82, 2.24) is 10.3 Å². The normalized spacial score (nSPS) is 13.0. The number of hydrogen-bond donors (Lipinski definition) is 4. The van der Waals surface area contributed by atoms with Crippen molar-refractivity contribution in [1.29, 1.82) is 0 Å². The molecule has 0 bridgehead atoms. The molecule has 8 nitrogen and oxygen atoms in total. The number of phenols is 1. The Morgan fingerprint density at radius 1 is 0.919 bits per heavy atom. The third-order valence-corrected chi connectivity index (χ3v) is 6.43. The lowest BCUT2D eigenvalue weighted by Crippen LogP contribution is -2.53. The summed E-state index contributed by atoms with van der Waals surface area (Å²) in [6, 6.07) is 9.88. The summed E-state index contributed by atoms with van der Waals surface area (Å²) in [6.07, 6.45) is -12.4. The highest BCUT2D eigenvalue weighted by Crippen LogP contribution is 2.52. The van der Waals surface area contributed by atoms with Crippen molar-refractivity contribution in [3.8, 4) is 11.5 Å². The molecule has 0 aromatic heterocycles. The van der Waals surface area contributed by atoms with Gasteiger partial charge >= 0.3 is 12.4 Å². The molecule has 37 heavy (non-hydrogen) atoms. The quantitative estimate of drug-likeness (QED) is 0.263. The predicted molar refractivity (Wildman–Crippen MR) is 117 cm³/mol. The van der Waals surface area contributed by atoms with E-state index in [0.717, 1.165) is 23.8 Å². The Labute approximate surface area is 205 Å². The Morgan fingerprint density at radius 2 is 1.51 bits per heavy atom. The van der Waals surface area contributed by atoms with Gasteiger partial charge in [-0.05, 0) is 54.1 Å². The van der Waals surface area contributed by atoms with Crippen molar-refractivity contribution in [2.24, 2.45) is 0 Å². The second-order valence-electron chi connectivity index (χ2n) is 7.84. The van der Waals surface area contributed by atoms with E-state index in [0.29, 0.717) is 12.1 Å². The fraction of sp³-hybridized carbons (Fsp3) is 0.227. The summed E-state index contributed by atoms with van der Waals surface area (Å²) in [5.41, 5.74) is -4.40. The zero-order valence-corrected chi connectivity index (χ0v) is 19.4. The standard InChI is InChI=1S/C22H18F6N2O6S/c1-12-2-6-16(7-3-12)37(34,35)30-29-19(32)11-36-15-5-4-13-9-17(18(31)10-14(13)8-15)20(33,21(23,24)25)22(26,27)28/h2-10,30-31,33H,11H2,1H3,(H,29,32). The number of aliphatic hydroxyl groups is 1. The van der Waals surface area contributed by atoms with Crippen LogP contribution in [0, 0.1) is 6.92 Å². The molecule has 3 aromatic rings. The van der Waals surface area contributed by atoms with Gasteiger partial charge in [0.25, 0.3) is 21.5 Å². The lowest BCUT2D eigenvalue weighted by molar-refractivity contribution is -0.376. The first-order valence-corrected chi connectivity index (χ1v) is 11.6. The van der Waals surface area contributed by atoms with Gasteiger partial charge in [-0.15, -0.1) is 4.83 Å². The maximum absolute atomic E-state index is 13.2. The number of ether oxygens (including phenoxy) is 1. The molecule has 0 fully saturated rings. The first kappa shape index (κ1) is 28.0. The van der Waals surface area contributed by atoms with Crippen molar-refractivity contribution >= 4 is 26.7 Å². The highest BCUT2D eigenvalue weighted by Gasteiger charge is 2.72. The van der Waals surface area contributed by atoms with Crippen LogP contribution < -0.4 is 15.0 Å². The Balaban J connectivity index is 1.74. The fourth-order valence-corrected chi connectivity index (χ4v) is 4.06. The number of benzene rings is 3. The van der Waals surface area contributed by atoms with Gasteiger partial charge in [0.2, 0.25) is 0 Å². The van der Waals surface area contributed by atoms with E-state index >= 15 is 0 Å². The minimum Gasteiger partial charge on any atom is -0.508 e. The molecule has 0 saturated heterocycles. The van der Waals surface area contributed by atoms with E-state index < -0.39 is 51.8 Å². The monoisotopic (exact) mass is 552 g/mol. The summed E-state index contributed by atoms with van der Waals surface area (Å²) < 4.78 is 109. The summed E-state index contributed by atoms with van der Waals surface area (Å²) in [5.74, 6) is -2.50. The molecule has 0 aliphatic carbocycles. The van der Waals surface area contributed by atoms with Gasteiger partial charge in [0.1, 0.15) is 11.5 Å². The molecular weight excluding hydrogens is 534 g/mol. The van der Waals surface area contributed by atoms with E-state index in [-0.39, 0.29) is 21.4 Å². The summed E-state index contributed by atoms with van der Waals surface area (Å²) >= 11 is 0. The lowest BCUT2D eigenvalue weighted by atomic mass is 9.89. The maximum Gasteiger partial charge on any atom is 0.430 e. The van der Waals surface area contributed by atoms with Crippen LogP contribution in [0.5, 0.6) is 11.5 Å². The van der Waals surface area contributed by atoms with Crippen LogP contribution >= 0.6 is 0 Å². The Kier molecular flexibility index (Phi) is 7.36. The van der Waals surface area contributed by atoms with Crippen LogP contribution in [0.1, 0.15) is 11.1 Å². The third-order valence-electron chi connectivity index (χ3n) is 5.16. The molecule has 0 heterocycles. The van der Waals surface area contributed by atoms with E-state index in [9.17, 15) is 49.8 Å². The molecule has 0 aliphatic rings. The molecule has 3 aromatic carbocycles. The fourth-order valence-electron chi connectivity index (χ4n) is 3.19. The number of nitrogens with one attached hydrogen (secondary N) is 2. The molecule has 0 spiro atoms. The molecule has 1 amide bonds. The predicted octanol–water partition coefficient (Wildman–Crippen LogP) is 3.55. The van der Waals surface area contributed by atoms with Gasteiger partial charge < -0.3 is 14.9 Å². The molecule has 4 N–H and O–H groups in total. The van der Waals surface area contributed by atoms with E-state index in [2.05, 4.69) is 0 Å². The van der Waals surface area contributed by atoms with E-state index in [1.54, 1.807) is 19.1 Å². The van der Waals surface area contributed by atoms with Gasteiger partial charge in [-0.25, -0.2) is 8.42 Å². The first-order valence-electron chi connectivity index (χ1n) is 10.1. The smallest absolute Gasteiger partial charge is 0.430 e. The summed E-state index contributed by atoms with van der Waals surface area (Å²) in [4.78, 5) is 13.7. The molecule has 0 unspecified atom stereocenters. The number of hydrazine groups is 1. The van der Waals surface area contributed by atoms with E-state index in [1.807, 2.05) is 10.3 Å². The number of alkyl halides is 6. The number of rotatable bonds is 7. The SMILES string of the molecule is Cc1ccc(S(=O)(=O)NNC(=O)COc2ccc3cc(C(O)(C(F)(F)F)C(F)(F)F)c(O)cc3c2)cc1. The Bertz CT molecular complexity index is 1410. The minimum absolute atomic E-state index is 0.0778. The highest BCUT2D eigenvalue weighted by molar-refractivity contribution is 7.89. The molecule has 15 heteroatoms. The van der Waals surface area contributed by atoms with Gasteiger partial charge in [0.05, 0.1) is 4.90 Å². The second kappa shape index (κ2) is 9.72. The maximum atomic E-state index is 13.2. The number of phenolic OH excluding ortho intramolecular Hbond substituents is 1. The van der Waals surface area contributed by atoms with Gasteiger partial charge in [0.15, 0.2) is 6.61 Å². The van der Waals surface area contributed by atoms with Crippen molar-refractivity contribution < 1.29 is 54.5 Å². The van der Waals surface area contributed by atoms with Crippen LogP contribution in [-0.4, -0.2) is 43.5 Å². The van der Waals surface area contributed by atoms with E-state index in [1.165, 1.54) is 12.1 Å². The van der Waals surface area contributed by atoms with Gasteiger partial charge in [-0.2, -0.15) is 26.3 Å². The average Bonchev–Trinajstić information content (AvgIpc) is 2.79. The molecule has 0 atom stereocenters. The molecular formula is C22H18F6N2O6S. The molecule has 0 radical (unpaired) electrons. The van der Waals surface area contributed by atoms with Gasteiger partial charge in [-0.3, -0.25) is 10.2 Å². The zero-order chi connectivity index (χ0) is 27.8. The van der Waals surface area contributed by atoms with Crippen molar-refractivity contribution in [3.63, 3.8) is 0 Å². The van der Waals surface area contributed by atoms with E-state index in [4.69, 9.17) is 4.74 Å². The number of carbonyl (C=O) groups excluding carboxylic acids is 1. The highest BCUT2D eigenvalue weighted by atomic mass is 32.2. The average molecular weight is 552 g/mol. The third kappa shape index (κ3) is 5.73. The lowest BCUT2D eigenvalue weighted by Gasteiger charge is -2.33. The van der Waals surface area contributed by atoms with Gasteiger partial charge in [-0.1, -0.05) is 23.8 Å². The van der Waals surface area contributed by atoms with Crippen LogP contribution in [0.3, 0.4) is 0 Å². The number of carbonyl (C=O) groups is 1. The number of aromatic hydroxyl groups is 1. The summed E-state index contributed by atoms with van der Waals surface area (Å²) in [6.45, 7) is 1.02. The van der Waals surface area contributed by atoms with Crippen LogP contribution in [0.2, 0.25) is 0 Å². The number of aryl methyl sites for hydroxylation is 1. The number of sulfonamides is 1. The van der Waals surface area contributed by atoms with Crippen molar-refractivity contribution in [3.05, 3.63) is 65.7 Å². The van der Waals surface area contributed by atoms with Crippen molar-refractivity contribution in [2.75, 3.05) is 6.61 Å². The molecule has 0 aliphatic heterocycles. The van der Waals surface area contributed by atoms with Crippen LogP contribution in [0.4, 0.5) is 26.3 Å². The number of hydrogen-bond acceptors (Lipinski definition) is 6. The first-order chi connectivity index (χ1) is 17.0. The van der Waals surface area contributed by atoms with Crippen LogP contribution in [0.15, 0.2) is 59.5 Å². The topological polar surface area (TPSA) is 125 Å². The van der Waals surface area contributed by atoms with Crippen molar-refractivity contribution in [2.45, 2.75) is 29.8 Å². The largest absolute Gasteiger partial charge is 0.508 e. The Hall–Kier alpha value is -3.56. The summed E-state index contributed by atoms with van der Waals surface area (Å²) in [7, 11) is -4.07. The number of fused-ring (bicyclic) bond motifs is 1. The molecule has 3 rings (SSSR count). The number of halogens is 6. The Morgan fingerprint density at radius 3 is 2.08 bits per heavy atom. The zero-order valence-electron chi connectivity index (χ0n) is 18.6. The molecule has 0 saturated carbocycles. The molecule has 200 valence electrons. The summed E-state index contributed by atoms with van der Waals surface area (Å²) in [5, 5.41) is 19.2. The number of amides is 1.